The van der Waals surface area contributed by atoms with Crippen molar-refractivity contribution in [2.75, 3.05) is 20.1 Å². The molecule has 6 heteroatoms. The average molecular weight is 400 g/mol. The fraction of sp³-hybridized carbons (Fsp3) is 0.435. The number of amides is 1. The van der Waals surface area contributed by atoms with Gasteiger partial charge in [0.15, 0.2) is 17.7 Å². The van der Waals surface area contributed by atoms with Crippen molar-refractivity contribution in [1.29, 1.82) is 0 Å². The van der Waals surface area contributed by atoms with Crippen molar-refractivity contribution in [1.82, 2.24) is 10.2 Å². The molecule has 1 fully saturated rings. The van der Waals surface area contributed by atoms with Crippen LogP contribution >= 0.6 is 0 Å². The molecule has 3 rings (SSSR count). The molecule has 0 aliphatic carbocycles. The van der Waals surface area contributed by atoms with Crippen molar-refractivity contribution in [2.24, 2.45) is 0 Å². The molecule has 2 aromatic rings. The van der Waals surface area contributed by atoms with Gasteiger partial charge in [-0.2, -0.15) is 0 Å². The van der Waals surface area contributed by atoms with Gasteiger partial charge in [0.05, 0.1) is 0 Å². The summed E-state index contributed by atoms with van der Waals surface area (Å²) in [6.45, 7) is 4.33. The van der Waals surface area contributed by atoms with E-state index in [1.54, 1.807) is 12.1 Å². The lowest BCUT2D eigenvalue weighted by molar-refractivity contribution is -0.128. The van der Waals surface area contributed by atoms with E-state index in [0.29, 0.717) is 13.0 Å². The quantitative estimate of drug-likeness (QED) is 0.733. The minimum absolute atomic E-state index is 0.0879. The smallest absolute Gasteiger partial charge is 0.261 e. The van der Waals surface area contributed by atoms with Crippen LogP contribution in [0.25, 0.3) is 0 Å². The Morgan fingerprint density at radius 1 is 1.17 bits per heavy atom. The van der Waals surface area contributed by atoms with E-state index in [2.05, 4.69) is 17.3 Å². The Balaban J connectivity index is 1.48. The molecule has 1 N–H and O–H groups in total. The van der Waals surface area contributed by atoms with E-state index in [-0.39, 0.29) is 17.8 Å². The third kappa shape index (κ3) is 6.19. The molecule has 1 heterocycles. The standard InChI is InChI=1S/C23H29FN2O3/c1-3-21(29-22-7-5-4-6-20(22)24)23(27)25-16-17-8-10-18(11-9-17)28-19-12-14-26(2)15-13-19/h4-11,19,21H,3,12-16H2,1-2H3,(H,25,27)/t21-/m0/s1. The maximum absolute atomic E-state index is 13.8. The summed E-state index contributed by atoms with van der Waals surface area (Å²) in [6, 6.07) is 13.9. The first-order chi connectivity index (χ1) is 14.0. The molecule has 156 valence electrons. The zero-order valence-electron chi connectivity index (χ0n) is 17.1. The summed E-state index contributed by atoms with van der Waals surface area (Å²) in [5, 5.41) is 2.86. The number of carbonyl (C=O) groups excluding carboxylic acids is 1. The summed E-state index contributed by atoms with van der Waals surface area (Å²) in [6.07, 6.45) is 2.05. The normalized spacial score (nSPS) is 16.2. The highest BCUT2D eigenvalue weighted by molar-refractivity contribution is 5.81. The third-order valence-corrected chi connectivity index (χ3v) is 5.13. The van der Waals surface area contributed by atoms with Crippen molar-refractivity contribution in [3.05, 3.63) is 59.9 Å². The fourth-order valence-electron chi connectivity index (χ4n) is 3.30. The molecular weight excluding hydrogens is 371 g/mol. The summed E-state index contributed by atoms with van der Waals surface area (Å²) < 4.78 is 25.3. The second-order valence-corrected chi connectivity index (χ2v) is 7.43. The highest BCUT2D eigenvalue weighted by Gasteiger charge is 2.20. The van der Waals surface area contributed by atoms with Gasteiger partial charge in [-0.3, -0.25) is 4.79 Å². The fourth-order valence-corrected chi connectivity index (χ4v) is 3.30. The SMILES string of the molecule is CC[C@H](Oc1ccccc1F)C(=O)NCc1ccc(OC2CCN(C)CC2)cc1. The highest BCUT2D eigenvalue weighted by atomic mass is 19.1. The van der Waals surface area contributed by atoms with E-state index in [9.17, 15) is 9.18 Å². The molecular formula is C23H29FN2O3. The lowest BCUT2D eigenvalue weighted by atomic mass is 10.1. The van der Waals surface area contributed by atoms with E-state index in [1.807, 2.05) is 31.2 Å². The van der Waals surface area contributed by atoms with Crippen LogP contribution in [0.15, 0.2) is 48.5 Å². The number of piperidine rings is 1. The number of nitrogens with one attached hydrogen (secondary N) is 1. The molecule has 1 aliphatic heterocycles. The van der Waals surface area contributed by atoms with E-state index >= 15 is 0 Å². The van der Waals surface area contributed by atoms with Crippen LogP contribution < -0.4 is 14.8 Å². The second kappa shape index (κ2) is 10.3. The number of ether oxygens (including phenoxy) is 2. The molecule has 0 unspecified atom stereocenters. The Morgan fingerprint density at radius 2 is 1.86 bits per heavy atom. The van der Waals surface area contributed by atoms with Gasteiger partial charge in [-0.25, -0.2) is 4.39 Å². The van der Waals surface area contributed by atoms with E-state index < -0.39 is 11.9 Å². The number of rotatable bonds is 8. The summed E-state index contributed by atoms with van der Waals surface area (Å²) in [5.41, 5.74) is 0.967. The van der Waals surface area contributed by atoms with E-state index in [4.69, 9.17) is 9.47 Å². The predicted octanol–water partition coefficient (Wildman–Crippen LogP) is 3.77. The number of halogens is 1. The van der Waals surface area contributed by atoms with Crippen LogP contribution in [-0.4, -0.2) is 43.2 Å². The van der Waals surface area contributed by atoms with Crippen LogP contribution in [0.1, 0.15) is 31.7 Å². The maximum Gasteiger partial charge on any atom is 0.261 e. The van der Waals surface area contributed by atoms with Crippen molar-refractivity contribution < 1.29 is 18.7 Å². The molecule has 1 aliphatic rings. The first-order valence-corrected chi connectivity index (χ1v) is 10.2. The molecule has 1 saturated heterocycles. The molecule has 0 saturated carbocycles. The minimum Gasteiger partial charge on any atom is -0.490 e. The van der Waals surface area contributed by atoms with Crippen LogP contribution in [0.3, 0.4) is 0 Å². The van der Waals surface area contributed by atoms with Gasteiger partial charge in [0, 0.05) is 19.6 Å². The van der Waals surface area contributed by atoms with Gasteiger partial charge in [-0.05, 0) is 56.1 Å². The number of likely N-dealkylation sites (tertiary alicyclic amines) is 1. The monoisotopic (exact) mass is 400 g/mol. The van der Waals surface area contributed by atoms with E-state index in [0.717, 1.165) is 37.2 Å². The molecule has 5 nitrogen and oxygen atoms in total. The van der Waals surface area contributed by atoms with Gasteiger partial charge in [0.2, 0.25) is 0 Å². The zero-order valence-corrected chi connectivity index (χ0v) is 17.1. The molecule has 0 radical (unpaired) electrons. The summed E-state index contributed by atoms with van der Waals surface area (Å²) in [4.78, 5) is 14.7. The Hall–Kier alpha value is -2.60. The summed E-state index contributed by atoms with van der Waals surface area (Å²) >= 11 is 0. The van der Waals surface area contributed by atoms with Crippen LogP contribution in [0, 0.1) is 5.82 Å². The van der Waals surface area contributed by atoms with Crippen LogP contribution in [0.5, 0.6) is 11.5 Å². The van der Waals surface area contributed by atoms with E-state index in [1.165, 1.54) is 12.1 Å². The first-order valence-electron chi connectivity index (χ1n) is 10.2. The number of hydrogen-bond donors (Lipinski definition) is 1. The Morgan fingerprint density at radius 3 is 2.52 bits per heavy atom. The van der Waals surface area contributed by atoms with Crippen LogP contribution in [-0.2, 0) is 11.3 Å². The molecule has 0 bridgehead atoms. The maximum atomic E-state index is 13.8. The van der Waals surface area contributed by atoms with Gasteiger partial charge in [0.25, 0.3) is 5.91 Å². The average Bonchev–Trinajstić information content (AvgIpc) is 2.74. The van der Waals surface area contributed by atoms with Crippen LogP contribution in [0.4, 0.5) is 4.39 Å². The zero-order chi connectivity index (χ0) is 20.6. The van der Waals surface area contributed by atoms with Gasteiger partial charge in [-0.15, -0.1) is 0 Å². The van der Waals surface area contributed by atoms with Crippen molar-refractivity contribution in [2.45, 2.75) is 44.9 Å². The van der Waals surface area contributed by atoms with Gasteiger partial charge in [0.1, 0.15) is 11.9 Å². The summed E-state index contributed by atoms with van der Waals surface area (Å²) in [7, 11) is 2.13. The summed E-state index contributed by atoms with van der Waals surface area (Å²) in [5.74, 6) is 0.204. The molecule has 1 amide bonds. The topological polar surface area (TPSA) is 50.8 Å². The Kier molecular flexibility index (Phi) is 7.47. The van der Waals surface area contributed by atoms with Gasteiger partial charge < -0.3 is 19.7 Å². The largest absolute Gasteiger partial charge is 0.490 e. The Labute approximate surface area is 171 Å². The van der Waals surface area contributed by atoms with Crippen LogP contribution in [0.2, 0.25) is 0 Å². The number of para-hydroxylation sites is 1. The number of benzene rings is 2. The molecule has 29 heavy (non-hydrogen) atoms. The molecule has 0 spiro atoms. The number of nitrogens with zero attached hydrogens (tertiary/aromatic N) is 1. The molecule has 1 atom stereocenters. The Bertz CT molecular complexity index is 789. The second-order valence-electron chi connectivity index (χ2n) is 7.43. The minimum atomic E-state index is -0.737. The van der Waals surface area contributed by atoms with Crippen molar-refractivity contribution >= 4 is 5.91 Å². The number of hydrogen-bond acceptors (Lipinski definition) is 4. The molecule has 2 aromatic carbocycles. The highest BCUT2D eigenvalue weighted by Crippen LogP contribution is 2.20. The third-order valence-electron chi connectivity index (χ3n) is 5.13. The predicted molar refractivity (Wildman–Crippen MR) is 111 cm³/mol. The lowest BCUT2D eigenvalue weighted by Gasteiger charge is -2.29. The number of carbonyl (C=O) groups is 1. The van der Waals surface area contributed by atoms with Crippen molar-refractivity contribution in [3.63, 3.8) is 0 Å². The first kappa shape index (κ1) is 21.1. The van der Waals surface area contributed by atoms with Gasteiger partial charge in [-0.1, -0.05) is 31.2 Å². The lowest BCUT2D eigenvalue weighted by Crippen LogP contribution is -2.37. The van der Waals surface area contributed by atoms with Crippen molar-refractivity contribution in [3.8, 4) is 11.5 Å². The molecule has 0 aromatic heterocycles. The van der Waals surface area contributed by atoms with Gasteiger partial charge >= 0.3 is 0 Å².